The van der Waals surface area contributed by atoms with Crippen molar-refractivity contribution >= 4 is 34.9 Å². The minimum Gasteiger partial charge on any atom is -0.322 e. The van der Waals surface area contributed by atoms with Gasteiger partial charge in [0, 0.05) is 17.8 Å². The first-order chi connectivity index (χ1) is 16.4. The number of anilines is 4. The number of aromatic amines is 1. The van der Waals surface area contributed by atoms with Crippen molar-refractivity contribution in [1.82, 2.24) is 25.1 Å². The van der Waals surface area contributed by atoms with Gasteiger partial charge in [0.1, 0.15) is 10.8 Å². The molecule has 2 heterocycles. The van der Waals surface area contributed by atoms with Crippen LogP contribution in [0.2, 0.25) is 5.02 Å². The van der Waals surface area contributed by atoms with E-state index in [2.05, 4.69) is 49.5 Å². The number of hydrogen-bond acceptors (Lipinski definition) is 6. The first-order valence-corrected chi connectivity index (χ1v) is 12.4. The third-order valence-corrected chi connectivity index (χ3v) is 7.04. The summed E-state index contributed by atoms with van der Waals surface area (Å²) >= 11 is 6.24. The first kappa shape index (κ1) is 24.4. The van der Waals surface area contributed by atoms with E-state index in [1.807, 2.05) is 26.0 Å². The maximum absolute atomic E-state index is 15.1. The van der Waals surface area contributed by atoms with E-state index in [-0.39, 0.29) is 11.8 Å². The molecule has 7 nitrogen and oxygen atoms in total. The molecule has 182 valence electrons. The number of H-pyrrole nitrogens is 1. The third kappa shape index (κ3) is 5.50. The Bertz CT molecular complexity index is 1120. The number of aromatic nitrogens is 4. The van der Waals surface area contributed by atoms with Crippen LogP contribution < -0.4 is 10.6 Å². The van der Waals surface area contributed by atoms with Gasteiger partial charge in [0.25, 0.3) is 0 Å². The van der Waals surface area contributed by atoms with Crippen molar-refractivity contribution in [3.63, 3.8) is 0 Å². The van der Waals surface area contributed by atoms with Gasteiger partial charge in [-0.3, -0.25) is 5.10 Å². The van der Waals surface area contributed by atoms with Crippen molar-refractivity contribution < 1.29 is 4.39 Å². The summed E-state index contributed by atoms with van der Waals surface area (Å²) in [6, 6.07) is 6.01. The minimum absolute atomic E-state index is 0.255. The maximum atomic E-state index is 15.1. The van der Waals surface area contributed by atoms with Crippen LogP contribution in [0, 0.1) is 19.7 Å². The Labute approximate surface area is 205 Å². The van der Waals surface area contributed by atoms with Crippen LogP contribution in [0.5, 0.6) is 0 Å². The van der Waals surface area contributed by atoms with E-state index >= 15 is 4.39 Å². The Kier molecular flexibility index (Phi) is 7.68. The van der Waals surface area contributed by atoms with Crippen molar-refractivity contribution in [3.05, 3.63) is 52.1 Å². The molecular formula is C25H33ClFN7. The van der Waals surface area contributed by atoms with Gasteiger partial charge in [0.2, 0.25) is 5.95 Å². The fourth-order valence-electron chi connectivity index (χ4n) is 4.96. The van der Waals surface area contributed by atoms with Crippen molar-refractivity contribution in [3.8, 4) is 0 Å². The largest absolute Gasteiger partial charge is 0.322 e. The SMILES string of the molecule is CCN(CC)[C@H]1CC[C@@H](c2cc(F)c(Nc3ncc(Cl)c(Nc4cc(C)[nH]n4)n3)cc2C)CC1. The summed E-state index contributed by atoms with van der Waals surface area (Å²) in [7, 11) is 0. The average Bonchev–Trinajstić information content (AvgIpc) is 3.24. The van der Waals surface area contributed by atoms with E-state index in [0.717, 1.165) is 55.6 Å². The number of aryl methyl sites for hydroxylation is 2. The molecule has 0 atom stereocenters. The van der Waals surface area contributed by atoms with Crippen LogP contribution in [-0.4, -0.2) is 44.2 Å². The number of halogens is 2. The quantitative estimate of drug-likeness (QED) is 0.339. The van der Waals surface area contributed by atoms with E-state index in [4.69, 9.17) is 11.6 Å². The molecule has 0 bridgehead atoms. The molecule has 1 aliphatic rings. The Morgan fingerprint density at radius 3 is 2.47 bits per heavy atom. The van der Waals surface area contributed by atoms with Gasteiger partial charge in [-0.2, -0.15) is 10.1 Å². The van der Waals surface area contributed by atoms with Crippen LogP contribution in [0.25, 0.3) is 0 Å². The Hall–Kier alpha value is -2.71. The molecule has 1 fully saturated rings. The van der Waals surface area contributed by atoms with Crippen LogP contribution in [0.3, 0.4) is 0 Å². The summed E-state index contributed by atoms with van der Waals surface area (Å²) in [6.07, 6.45) is 5.99. The molecule has 1 aliphatic carbocycles. The number of benzene rings is 1. The lowest BCUT2D eigenvalue weighted by Gasteiger charge is -2.36. The van der Waals surface area contributed by atoms with Gasteiger partial charge in [-0.1, -0.05) is 25.4 Å². The maximum Gasteiger partial charge on any atom is 0.229 e. The molecule has 2 aromatic heterocycles. The van der Waals surface area contributed by atoms with E-state index in [1.165, 1.54) is 6.20 Å². The summed E-state index contributed by atoms with van der Waals surface area (Å²) in [5.41, 5.74) is 3.44. The van der Waals surface area contributed by atoms with E-state index in [9.17, 15) is 0 Å². The zero-order valence-electron chi connectivity index (χ0n) is 20.3. The molecule has 0 aliphatic heterocycles. The summed E-state index contributed by atoms with van der Waals surface area (Å²) in [5.74, 6) is 1.33. The zero-order valence-corrected chi connectivity index (χ0v) is 21.0. The molecule has 34 heavy (non-hydrogen) atoms. The van der Waals surface area contributed by atoms with Crippen molar-refractivity contribution in [2.75, 3.05) is 23.7 Å². The molecule has 0 amide bonds. The van der Waals surface area contributed by atoms with Crippen molar-refractivity contribution in [2.24, 2.45) is 0 Å². The predicted molar refractivity (Wildman–Crippen MR) is 136 cm³/mol. The van der Waals surface area contributed by atoms with E-state index in [0.29, 0.717) is 34.3 Å². The van der Waals surface area contributed by atoms with Crippen molar-refractivity contribution in [2.45, 2.75) is 65.3 Å². The minimum atomic E-state index is -0.303. The highest BCUT2D eigenvalue weighted by atomic mass is 35.5. The highest BCUT2D eigenvalue weighted by molar-refractivity contribution is 6.32. The van der Waals surface area contributed by atoms with Crippen LogP contribution in [0.1, 0.15) is 62.3 Å². The van der Waals surface area contributed by atoms with Crippen LogP contribution >= 0.6 is 11.6 Å². The fourth-order valence-corrected chi connectivity index (χ4v) is 5.10. The number of hydrogen-bond donors (Lipinski definition) is 3. The van der Waals surface area contributed by atoms with Gasteiger partial charge in [-0.15, -0.1) is 0 Å². The van der Waals surface area contributed by atoms with Gasteiger partial charge in [-0.25, -0.2) is 9.37 Å². The highest BCUT2D eigenvalue weighted by Crippen LogP contribution is 2.38. The van der Waals surface area contributed by atoms with Gasteiger partial charge < -0.3 is 15.5 Å². The van der Waals surface area contributed by atoms with Gasteiger partial charge in [0.15, 0.2) is 11.6 Å². The molecule has 4 rings (SSSR count). The molecule has 0 radical (unpaired) electrons. The molecule has 9 heteroatoms. The summed E-state index contributed by atoms with van der Waals surface area (Å²) < 4.78 is 15.1. The second-order valence-corrected chi connectivity index (χ2v) is 9.40. The van der Waals surface area contributed by atoms with Gasteiger partial charge >= 0.3 is 0 Å². The second-order valence-electron chi connectivity index (χ2n) is 8.99. The topological polar surface area (TPSA) is 81.8 Å². The first-order valence-electron chi connectivity index (χ1n) is 12.0. The normalized spacial score (nSPS) is 18.3. The third-order valence-electron chi connectivity index (χ3n) is 6.76. The lowest BCUT2D eigenvalue weighted by atomic mass is 9.79. The van der Waals surface area contributed by atoms with Gasteiger partial charge in [0.05, 0.1) is 11.9 Å². The van der Waals surface area contributed by atoms with Crippen molar-refractivity contribution in [1.29, 1.82) is 0 Å². The smallest absolute Gasteiger partial charge is 0.229 e. The van der Waals surface area contributed by atoms with E-state index < -0.39 is 0 Å². The predicted octanol–water partition coefficient (Wildman–Crippen LogP) is 6.46. The average molecular weight is 486 g/mol. The standard InChI is InChI=1S/C25H33ClFN7/c1-5-34(6-2)18-9-7-17(8-10-18)19-13-21(27)22(11-15(19)3)29-25-28-14-20(26)24(31-25)30-23-12-16(4)32-33-23/h11-14,17-18H,5-10H2,1-4H3,(H3,28,29,30,31,32,33)/t17-,18+. The molecule has 1 aromatic carbocycles. The molecule has 0 spiro atoms. The lowest BCUT2D eigenvalue weighted by molar-refractivity contribution is 0.163. The number of nitrogens with one attached hydrogen (secondary N) is 3. The van der Waals surface area contributed by atoms with Gasteiger partial charge in [-0.05, 0) is 81.8 Å². The molecule has 1 saturated carbocycles. The highest BCUT2D eigenvalue weighted by Gasteiger charge is 2.27. The lowest BCUT2D eigenvalue weighted by Crippen LogP contribution is -2.37. The van der Waals surface area contributed by atoms with Crippen LogP contribution in [0.4, 0.5) is 27.7 Å². The second kappa shape index (κ2) is 10.7. The monoisotopic (exact) mass is 485 g/mol. The molecule has 0 unspecified atom stereocenters. The number of nitrogens with zero attached hydrogens (tertiary/aromatic N) is 4. The molecule has 3 aromatic rings. The van der Waals surface area contributed by atoms with Crippen LogP contribution in [0.15, 0.2) is 24.4 Å². The molecule has 3 N–H and O–H groups in total. The summed E-state index contributed by atoms with van der Waals surface area (Å²) in [5, 5.41) is 13.4. The molecular weight excluding hydrogens is 453 g/mol. The molecule has 0 saturated heterocycles. The zero-order chi connectivity index (χ0) is 24.2. The van der Waals surface area contributed by atoms with E-state index in [1.54, 1.807) is 6.07 Å². The summed E-state index contributed by atoms with van der Waals surface area (Å²) in [4.78, 5) is 11.2. The number of rotatable bonds is 8. The van der Waals surface area contributed by atoms with Crippen LogP contribution in [-0.2, 0) is 0 Å². The Morgan fingerprint density at radius 1 is 1.09 bits per heavy atom. The Balaban J connectivity index is 1.47. The summed E-state index contributed by atoms with van der Waals surface area (Å²) in [6.45, 7) is 10.6. The fraction of sp³-hybridized carbons (Fsp3) is 0.480. The Morgan fingerprint density at radius 2 is 1.82 bits per heavy atom.